The van der Waals surface area contributed by atoms with E-state index < -0.39 is 0 Å². The molecule has 1 aromatic heterocycles. The summed E-state index contributed by atoms with van der Waals surface area (Å²) in [5.41, 5.74) is 0.232. The Labute approximate surface area is 128 Å². The van der Waals surface area contributed by atoms with Gasteiger partial charge in [-0.1, -0.05) is 23.2 Å². The zero-order chi connectivity index (χ0) is 11.5. The lowest BCUT2D eigenvalue weighted by Crippen LogP contribution is -2.46. The van der Waals surface area contributed by atoms with Gasteiger partial charge in [0, 0.05) is 26.2 Å². The van der Waals surface area contributed by atoms with Crippen molar-refractivity contribution in [2.45, 2.75) is 0 Å². The van der Waals surface area contributed by atoms with E-state index in [2.05, 4.69) is 10.3 Å². The van der Waals surface area contributed by atoms with Crippen LogP contribution >= 0.6 is 48.0 Å². The molecular formula is C10H13Cl4N3O. The number of amides is 1. The van der Waals surface area contributed by atoms with Crippen molar-refractivity contribution in [2.24, 2.45) is 0 Å². The molecule has 8 heteroatoms. The second-order valence-corrected chi connectivity index (χ2v) is 4.30. The van der Waals surface area contributed by atoms with E-state index in [1.807, 2.05) is 0 Å². The first-order valence-corrected chi connectivity index (χ1v) is 5.76. The molecule has 102 valence electrons. The number of halogens is 4. The third kappa shape index (κ3) is 4.14. The summed E-state index contributed by atoms with van der Waals surface area (Å²) >= 11 is 11.7. The van der Waals surface area contributed by atoms with Gasteiger partial charge in [0.2, 0.25) is 0 Å². The predicted molar refractivity (Wildman–Crippen MR) is 77.5 cm³/mol. The van der Waals surface area contributed by atoms with E-state index in [0.717, 1.165) is 13.1 Å². The highest BCUT2D eigenvalue weighted by molar-refractivity contribution is 6.34. The van der Waals surface area contributed by atoms with Gasteiger partial charge >= 0.3 is 0 Å². The number of piperazine rings is 1. The van der Waals surface area contributed by atoms with E-state index in [1.165, 1.54) is 0 Å². The molecule has 0 unspecified atom stereocenters. The summed E-state index contributed by atoms with van der Waals surface area (Å²) in [6.07, 6.45) is 0. The van der Waals surface area contributed by atoms with E-state index in [-0.39, 0.29) is 41.6 Å². The van der Waals surface area contributed by atoms with Crippen molar-refractivity contribution in [3.05, 3.63) is 28.0 Å². The summed E-state index contributed by atoms with van der Waals surface area (Å²) in [5, 5.41) is 3.79. The molecule has 2 heterocycles. The van der Waals surface area contributed by atoms with E-state index in [9.17, 15) is 4.79 Å². The van der Waals surface area contributed by atoms with Crippen molar-refractivity contribution < 1.29 is 4.79 Å². The molecule has 0 saturated carbocycles. The molecule has 18 heavy (non-hydrogen) atoms. The highest BCUT2D eigenvalue weighted by atomic mass is 35.5. The summed E-state index contributed by atoms with van der Waals surface area (Å²) in [6.45, 7) is 2.93. The van der Waals surface area contributed by atoms with Crippen molar-refractivity contribution in [3.63, 3.8) is 0 Å². The molecule has 1 amide bonds. The Morgan fingerprint density at radius 3 is 2.44 bits per heavy atom. The number of carbonyl (C=O) groups is 1. The summed E-state index contributed by atoms with van der Waals surface area (Å²) in [4.78, 5) is 17.8. The van der Waals surface area contributed by atoms with Crippen molar-refractivity contribution in [1.82, 2.24) is 15.2 Å². The maximum atomic E-state index is 12.1. The fourth-order valence-electron chi connectivity index (χ4n) is 1.59. The fraction of sp³-hybridized carbons (Fsp3) is 0.400. The average molecular weight is 333 g/mol. The first kappa shape index (κ1) is 17.7. The first-order valence-electron chi connectivity index (χ1n) is 5.00. The van der Waals surface area contributed by atoms with Gasteiger partial charge in [0.15, 0.2) is 0 Å². The van der Waals surface area contributed by atoms with Gasteiger partial charge in [0.1, 0.15) is 10.8 Å². The molecular weight excluding hydrogens is 320 g/mol. The molecule has 0 atom stereocenters. The molecule has 0 radical (unpaired) electrons. The van der Waals surface area contributed by atoms with E-state index in [1.54, 1.807) is 17.0 Å². The average Bonchev–Trinajstić information content (AvgIpc) is 2.32. The molecule has 1 aromatic rings. The Balaban J connectivity index is 0.00000144. The van der Waals surface area contributed by atoms with Crippen LogP contribution in [-0.2, 0) is 0 Å². The van der Waals surface area contributed by atoms with Crippen LogP contribution in [0.5, 0.6) is 0 Å². The Kier molecular flexibility index (Phi) is 7.90. The normalized spacial score (nSPS) is 14.4. The number of carbonyl (C=O) groups excluding carboxylic acids is 1. The molecule has 1 aliphatic heterocycles. The summed E-state index contributed by atoms with van der Waals surface area (Å²) < 4.78 is 0. The Hall–Kier alpha value is -0.260. The van der Waals surface area contributed by atoms with Crippen LogP contribution in [-0.4, -0.2) is 42.0 Å². The van der Waals surface area contributed by atoms with E-state index in [0.29, 0.717) is 18.1 Å². The van der Waals surface area contributed by atoms with Crippen LogP contribution in [0, 0.1) is 0 Å². The number of nitrogens with zero attached hydrogens (tertiary/aromatic N) is 2. The zero-order valence-corrected chi connectivity index (χ0v) is 12.5. The monoisotopic (exact) mass is 331 g/mol. The maximum absolute atomic E-state index is 12.1. The summed E-state index contributed by atoms with van der Waals surface area (Å²) in [6, 6.07) is 3.16. The molecule has 0 spiro atoms. The molecule has 2 rings (SSSR count). The van der Waals surface area contributed by atoms with Crippen LogP contribution in [0.4, 0.5) is 0 Å². The minimum atomic E-state index is -0.158. The van der Waals surface area contributed by atoms with Crippen LogP contribution in [0.3, 0.4) is 0 Å². The van der Waals surface area contributed by atoms with Gasteiger partial charge in [-0.3, -0.25) is 4.79 Å². The number of rotatable bonds is 1. The van der Waals surface area contributed by atoms with Crippen LogP contribution in [0.15, 0.2) is 12.1 Å². The largest absolute Gasteiger partial charge is 0.335 e. The topological polar surface area (TPSA) is 45.2 Å². The zero-order valence-electron chi connectivity index (χ0n) is 9.36. The highest BCUT2D eigenvalue weighted by Crippen LogP contribution is 2.18. The number of aromatic nitrogens is 1. The van der Waals surface area contributed by atoms with Crippen molar-refractivity contribution in [3.8, 4) is 0 Å². The van der Waals surface area contributed by atoms with Gasteiger partial charge in [-0.25, -0.2) is 4.98 Å². The summed E-state index contributed by atoms with van der Waals surface area (Å²) in [5.74, 6) is -0.158. The number of hydrogen-bond acceptors (Lipinski definition) is 3. The second kappa shape index (κ2) is 8.02. The lowest BCUT2D eigenvalue weighted by atomic mass is 10.3. The molecule has 1 fully saturated rings. The molecule has 1 N–H and O–H groups in total. The standard InChI is InChI=1S/C10H11Cl2N3O.2ClH/c11-7-1-2-8(12)14-9(7)10(16)15-5-3-13-4-6-15;;/h1-2,13H,3-6H2;2*1H. The van der Waals surface area contributed by atoms with Crippen LogP contribution in [0.1, 0.15) is 10.5 Å². The molecule has 1 saturated heterocycles. The van der Waals surface area contributed by atoms with Crippen LogP contribution in [0.2, 0.25) is 10.2 Å². The van der Waals surface area contributed by atoms with Crippen LogP contribution in [0.25, 0.3) is 0 Å². The van der Waals surface area contributed by atoms with Crippen molar-refractivity contribution in [2.75, 3.05) is 26.2 Å². The van der Waals surface area contributed by atoms with Gasteiger partial charge in [-0.15, -0.1) is 24.8 Å². The minimum absolute atomic E-state index is 0. The Bertz CT molecular complexity index is 410. The van der Waals surface area contributed by atoms with Crippen molar-refractivity contribution in [1.29, 1.82) is 0 Å². The van der Waals surface area contributed by atoms with Crippen molar-refractivity contribution >= 4 is 53.9 Å². The molecule has 0 aliphatic carbocycles. The quantitative estimate of drug-likeness (QED) is 0.802. The van der Waals surface area contributed by atoms with E-state index >= 15 is 0 Å². The molecule has 0 bridgehead atoms. The predicted octanol–water partition coefficient (Wildman–Crippen LogP) is 2.28. The van der Waals surface area contributed by atoms with Gasteiger partial charge in [0.25, 0.3) is 5.91 Å². The van der Waals surface area contributed by atoms with Gasteiger partial charge < -0.3 is 10.2 Å². The minimum Gasteiger partial charge on any atom is -0.335 e. The molecule has 1 aliphatic rings. The van der Waals surface area contributed by atoms with Crippen LogP contribution < -0.4 is 5.32 Å². The Morgan fingerprint density at radius 1 is 1.22 bits per heavy atom. The third-order valence-electron chi connectivity index (χ3n) is 2.42. The highest BCUT2D eigenvalue weighted by Gasteiger charge is 2.21. The SMILES string of the molecule is Cl.Cl.O=C(c1nc(Cl)ccc1Cl)N1CCNCC1. The molecule has 0 aromatic carbocycles. The number of nitrogens with one attached hydrogen (secondary N) is 1. The number of pyridine rings is 1. The first-order chi connectivity index (χ1) is 7.68. The van der Waals surface area contributed by atoms with Gasteiger partial charge in [0.05, 0.1) is 5.02 Å². The van der Waals surface area contributed by atoms with Gasteiger partial charge in [-0.05, 0) is 12.1 Å². The fourth-order valence-corrected chi connectivity index (χ4v) is 1.92. The lowest BCUT2D eigenvalue weighted by Gasteiger charge is -2.27. The van der Waals surface area contributed by atoms with E-state index in [4.69, 9.17) is 23.2 Å². The Morgan fingerprint density at radius 2 is 1.83 bits per heavy atom. The summed E-state index contributed by atoms with van der Waals surface area (Å²) in [7, 11) is 0. The lowest BCUT2D eigenvalue weighted by molar-refractivity contribution is 0.0730. The molecule has 4 nitrogen and oxygen atoms in total. The van der Waals surface area contributed by atoms with Gasteiger partial charge in [-0.2, -0.15) is 0 Å². The smallest absolute Gasteiger partial charge is 0.274 e. The number of hydrogen-bond donors (Lipinski definition) is 1. The maximum Gasteiger partial charge on any atom is 0.274 e. The third-order valence-corrected chi connectivity index (χ3v) is 2.93. The second-order valence-electron chi connectivity index (χ2n) is 3.51.